The van der Waals surface area contributed by atoms with Gasteiger partial charge in [0.2, 0.25) is 11.8 Å². The highest BCUT2D eigenvalue weighted by Gasteiger charge is 2.29. The van der Waals surface area contributed by atoms with E-state index in [1.165, 1.54) is 24.4 Å². The van der Waals surface area contributed by atoms with E-state index in [0.29, 0.717) is 26.6 Å². The fourth-order valence-electron chi connectivity index (χ4n) is 3.75. The second-order valence-electron chi connectivity index (χ2n) is 8.57. The molecule has 7 N–H and O–H groups in total. The van der Waals surface area contributed by atoms with Gasteiger partial charge in [0.1, 0.15) is 10.8 Å². The molecule has 0 aliphatic heterocycles. The Morgan fingerprint density at radius 1 is 1.16 bits per heavy atom. The molecule has 10 nitrogen and oxygen atoms in total. The molecule has 0 atom stereocenters. The van der Waals surface area contributed by atoms with E-state index in [4.69, 9.17) is 11.5 Å². The maximum atomic E-state index is 13.6. The van der Waals surface area contributed by atoms with Crippen LogP contribution >= 0.6 is 11.8 Å². The van der Waals surface area contributed by atoms with Crippen molar-refractivity contribution in [2.24, 2.45) is 11.7 Å². The molecule has 1 aliphatic carbocycles. The minimum Gasteiger partial charge on any atom is -0.382 e. The minimum absolute atomic E-state index is 0.0119. The summed E-state index contributed by atoms with van der Waals surface area (Å²) in [4.78, 5) is 48.9. The van der Waals surface area contributed by atoms with Gasteiger partial charge in [-0.25, -0.2) is 14.4 Å². The molecule has 0 radical (unpaired) electrons. The number of hydrogen-bond donors (Lipinski definition) is 5. The number of nitrogens with one attached hydrogen (secondary N) is 3. The number of carbonyl (C=O) groups is 3. The molecule has 1 aliphatic rings. The Bertz CT molecular complexity index is 1550. The lowest BCUT2D eigenvalue weighted by Crippen LogP contribution is -2.25. The van der Waals surface area contributed by atoms with E-state index < -0.39 is 11.8 Å². The maximum absolute atomic E-state index is 13.6. The lowest BCUT2D eigenvalue weighted by atomic mass is 10.1. The monoisotopic (exact) mass is 519 g/mol. The van der Waals surface area contributed by atoms with Gasteiger partial charge in [-0.15, -0.1) is 0 Å². The van der Waals surface area contributed by atoms with E-state index >= 15 is 0 Å². The molecule has 12 heteroatoms. The van der Waals surface area contributed by atoms with Crippen LogP contribution in [0.5, 0.6) is 0 Å². The van der Waals surface area contributed by atoms with Gasteiger partial charge in [0.25, 0.3) is 5.91 Å². The van der Waals surface area contributed by atoms with Gasteiger partial charge < -0.3 is 27.1 Å². The number of amides is 3. The predicted octanol–water partition coefficient (Wildman–Crippen LogP) is 3.21. The average molecular weight is 520 g/mol. The van der Waals surface area contributed by atoms with Crippen LogP contribution in [0.2, 0.25) is 0 Å². The van der Waals surface area contributed by atoms with Gasteiger partial charge in [-0.05, 0) is 54.8 Å². The Hall–Kier alpha value is -4.45. The smallest absolute Gasteiger partial charge is 0.274 e. The van der Waals surface area contributed by atoms with Gasteiger partial charge in [0.15, 0.2) is 11.5 Å². The molecule has 1 fully saturated rings. The Morgan fingerprint density at radius 2 is 1.97 bits per heavy atom. The van der Waals surface area contributed by atoms with Gasteiger partial charge in [-0.2, -0.15) is 0 Å². The fourth-order valence-corrected chi connectivity index (χ4v) is 4.62. The molecule has 4 aromatic rings. The second-order valence-corrected chi connectivity index (χ2v) is 9.63. The topological polar surface area (TPSA) is 169 Å². The summed E-state index contributed by atoms with van der Waals surface area (Å²) in [7, 11) is 0. The van der Waals surface area contributed by atoms with E-state index in [2.05, 4.69) is 25.6 Å². The largest absolute Gasteiger partial charge is 0.382 e. The zero-order valence-electron chi connectivity index (χ0n) is 19.4. The van der Waals surface area contributed by atoms with Crippen molar-refractivity contribution in [2.45, 2.75) is 29.3 Å². The summed E-state index contributed by atoms with van der Waals surface area (Å²) in [6.07, 6.45) is 4.78. The predicted molar refractivity (Wildman–Crippen MR) is 136 cm³/mol. The lowest BCUT2D eigenvalue weighted by molar-refractivity contribution is -0.117. The second kappa shape index (κ2) is 9.90. The molecule has 2 aromatic heterocycles. The number of H-pyrrole nitrogens is 1. The molecule has 0 unspecified atom stereocenters. The molecule has 188 valence electrons. The van der Waals surface area contributed by atoms with Crippen LogP contribution < -0.4 is 22.1 Å². The van der Waals surface area contributed by atoms with Crippen LogP contribution in [0, 0.1) is 11.7 Å². The van der Waals surface area contributed by atoms with Crippen molar-refractivity contribution >= 4 is 51.9 Å². The quantitative estimate of drug-likeness (QED) is 0.238. The van der Waals surface area contributed by atoms with Gasteiger partial charge in [-0.1, -0.05) is 11.8 Å². The van der Waals surface area contributed by atoms with E-state index in [0.717, 1.165) is 30.1 Å². The van der Waals surface area contributed by atoms with Gasteiger partial charge in [-0.3, -0.25) is 14.4 Å². The van der Waals surface area contributed by atoms with Crippen LogP contribution in [0.1, 0.15) is 39.3 Å². The van der Waals surface area contributed by atoms with Gasteiger partial charge in [0.05, 0.1) is 11.8 Å². The number of primary amides is 1. The lowest BCUT2D eigenvalue weighted by Gasteiger charge is -2.11. The Kier molecular flexibility index (Phi) is 6.49. The summed E-state index contributed by atoms with van der Waals surface area (Å²) in [6.45, 7) is 0.112. The number of fused-ring (bicyclic) bond motifs is 1. The van der Waals surface area contributed by atoms with Crippen LogP contribution in [0.4, 0.5) is 15.9 Å². The number of anilines is 2. The minimum atomic E-state index is -0.679. The van der Waals surface area contributed by atoms with Crippen molar-refractivity contribution in [1.82, 2.24) is 20.3 Å². The number of nitrogen functional groups attached to an aromatic ring is 1. The van der Waals surface area contributed by atoms with E-state index in [1.807, 2.05) is 0 Å². The summed E-state index contributed by atoms with van der Waals surface area (Å²) in [6, 6.07) is 9.17. The highest BCUT2D eigenvalue weighted by atomic mass is 32.2. The molecule has 3 amide bonds. The number of hydrogen-bond acceptors (Lipinski definition) is 7. The summed E-state index contributed by atoms with van der Waals surface area (Å²) >= 11 is 1.08. The third-order valence-electron chi connectivity index (χ3n) is 5.84. The Labute approximate surface area is 214 Å². The molecule has 5 rings (SSSR count). The SMILES string of the molecule is NC(=O)c1cc(NC(=O)C2CC2)ccc1Sc1cnc(N)c(C(=O)NCc2c[nH]c3ccc(F)cc23)n1. The number of rotatable bonds is 8. The van der Waals surface area contributed by atoms with E-state index in [9.17, 15) is 18.8 Å². The van der Waals surface area contributed by atoms with Crippen molar-refractivity contribution in [3.05, 3.63) is 71.4 Å². The average Bonchev–Trinajstić information content (AvgIpc) is 3.66. The standard InChI is InChI=1S/C25H22FN7O3S/c26-14-3-5-18-16(7-14)13(9-29-18)10-31-25(36)21-22(27)30-11-20(33-21)37-19-6-4-15(8-17(19)23(28)34)32-24(35)12-1-2-12/h3-9,11-12,29H,1-2,10H2,(H2,27,30)(H2,28,34)(H,31,36)(H,32,35). The number of nitrogens with two attached hydrogens (primary N) is 2. The van der Waals surface area contributed by atoms with Crippen molar-refractivity contribution in [2.75, 3.05) is 11.1 Å². The van der Waals surface area contributed by atoms with Crippen LogP contribution in [-0.4, -0.2) is 32.7 Å². The zero-order chi connectivity index (χ0) is 26.1. The van der Waals surface area contributed by atoms with Gasteiger partial charge in [0, 0.05) is 40.1 Å². The molecule has 2 aromatic carbocycles. The molecule has 1 saturated carbocycles. The number of aromatic nitrogens is 3. The number of nitrogens with zero attached hydrogens (tertiary/aromatic N) is 2. The van der Waals surface area contributed by atoms with Crippen LogP contribution in [0.15, 0.2) is 58.7 Å². The zero-order valence-corrected chi connectivity index (χ0v) is 20.2. The molecular formula is C25H22FN7O3S. The van der Waals surface area contributed by atoms with E-state index in [-0.39, 0.29) is 41.3 Å². The van der Waals surface area contributed by atoms with Crippen molar-refractivity contribution < 1.29 is 18.8 Å². The third kappa shape index (κ3) is 5.38. The summed E-state index contributed by atoms with van der Waals surface area (Å²) < 4.78 is 13.6. The molecule has 0 spiro atoms. The number of halogens is 1. The first-order chi connectivity index (χ1) is 17.8. The highest BCUT2D eigenvalue weighted by molar-refractivity contribution is 7.99. The first-order valence-corrected chi connectivity index (χ1v) is 12.2. The van der Waals surface area contributed by atoms with Crippen molar-refractivity contribution in [1.29, 1.82) is 0 Å². The van der Waals surface area contributed by atoms with Crippen molar-refractivity contribution in [3.63, 3.8) is 0 Å². The highest BCUT2D eigenvalue weighted by Crippen LogP contribution is 2.33. The Morgan fingerprint density at radius 3 is 2.73 bits per heavy atom. The third-order valence-corrected chi connectivity index (χ3v) is 6.82. The van der Waals surface area contributed by atoms with Crippen molar-refractivity contribution in [3.8, 4) is 0 Å². The number of benzene rings is 2. The first kappa shape index (κ1) is 24.3. The Balaban J connectivity index is 1.32. The summed E-state index contributed by atoms with van der Waals surface area (Å²) in [5, 5.41) is 6.47. The molecule has 0 bridgehead atoms. The number of carbonyl (C=O) groups excluding carboxylic acids is 3. The fraction of sp³-hybridized carbons (Fsp3) is 0.160. The molecule has 0 saturated heterocycles. The molecule has 37 heavy (non-hydrogen) atoms. The molecule has 2 heterocycles. The maximum Gasteiger partial charge on any atom is 0.274 e. The van der Waals surface area contributed by atoms with Crippen LogP contribution in [-0.2, 0) is 11.3 Å². The normalized spacial score (nSPS) is 12.9. The number of aromatic amines is 1. The van der Waals surface area contributed by atoms with Crippen LogP contribution in [0.3, 0.4) is 0 Å². The van der Waals surface area contributed by atoms with Gasteiger partial charge >= 0.3 is 0 Å². The summed E-state index contributed by atoms with van der Waals surface area (Å²) in [5.74, 6) is -1.77. The van der Waals surface area contributed by atoms with Crippen LogP contribution in [0.25, 0.3) is 10.9 Å². The molecular weight excluding hydrogens is 497 g/mol. The first-order valence-electron chi connectivity index (χ1n) is 11.4. The van der Waals surface area contributed by atoms with E-state index in [1.54, 1.807) is 24.4 Å². The summed E-state index contributed by atoms with van der Waals surface area (Å²) in [5.41, 5.74) is 13.5.